The molecule has 2 aliphatic rings. The topological polar surface area (TPSA) is 68.3 Å². The molecule has 0 spiro atoms. The summed E-state index contributed by atoms with van der Waals surface area (Å²) in [6.45, 7) is 14.4. The molecule has 1 aliphatic carbocycles. The van der Waals surface area contributed by atoms with Gasteiger partial charge in [-0.2, -0.15) is 0 Å². The molecule has 1 heterocycles. The van der Waals surface area contributed by atoms with Gasteiger partial charge in [-0.15, -0.1) is 0 Å². The van der Waals surface area contributed by atoms with Gasteiger partial charge < -0.3 is 19.0 Å². The van der Waals surface area contributed by atoms with Gasteiger partial charge in [-0.25, -0.2) is 0 Å². The molecule has 2 rings (SSSR count). The second-order valence-electron chi connectivity index (χ2n) is 8.72. The molecule has 0 aromatic heterocycles. The number of fused-ring (bicyclic) bond motifs is 1. The fourth-order valence-corrected chi connectivity index (χ4v) is 4.31. The fourth-order valence-electron chi connectivity index (χ4n) is 3.05. The van der Waals surface area contributed by atoms with E-state index < -0.39 is 14.4 Å². The Balaban J connectivity index is 2.40. The van der Waals surface area contributed by atoms with Gasteiger partial charge >= 0.3 is 5.97 Å². The molecule has 1 saturated heterocycles. The number of unbranched alkanes of at least 4 members (excludes halogenated alkanes) is 1. The van der Waals surface area contributed by atoms with E-state index in [0.717, 1.165) is 24.0 Å². The lowest BCUT2D eigenvalue weighted by molar-refractivity contribution is -0.145. The molecule has 1 N–H and O–H groups in total. The van der Waals surface area contributed by atoms with E-state index in [1.54, 1.807) is 0 Å². The maximum Gasteiger partial charge on any atom is 0.303 e. The highest BCUT2D eigenvalue weighted by Crippen LogP contribution is 2.47. The van der Waals surface area contributed by atoms with Crippen molar-refractivity contribution in [2.75, 3.05) is 6.61 Å². The lowest BCUT2D eigenvalue weighted by atomic mass is 9.87. The van der Waals surface area contributed by atoms with Crippen molar-refractivity contribution >= 4 is 14.3 Å². The molecule has 6 heteroatoms. The van der Waals surface area contributed by atoms with E-state index >= 15 is 0 Å². The molecule has 4 atom stereocenters. The first-order valence-corrected chi connectivity index (χ1v) is 12.4. The number of epoxide rings is 1. The maximum atomic E-state index is 11.6. The van der Waals surface area contributed by atoms with Crippen LogP contribution in [0.25, 0.3) is 0 Å². The van der Waals surface area contributed by atoms with Crippen LogP contribution in [0.3, 0.4) is 0 Å². The molecule has 0 saturated carbocycles. The first-order valence-electron chi connectivity index (χ1n) is 9.54. The number of hydrogen-bond acceptors (Lipinski definition) is 5. The van der Waals surface area contributed by atoms with Crippen molar-refractivity contribution in [3.05, 3.63) is 23.3 Å². The number of aliphatic hydroxyl groups is 1. The van der Waals surface area contributed by atoms with Crippen molar-refractivity contribution in [1.29, 1.82) is 0 Å². The molecular formula is C20H34O5Si. The maximum absolute atomic E-state index is 11.6. The molecule has 1 aliphatic heterocycles. The third kappa shape index (κ3) is 4.47. The molecule has 0 unspecified atom stereocenters. The predicted molar refractivity (Wildman–Crippen MR) is 104 cm³/mol. The minimum atomic E-state index is -2.04. The van der Waals surface area contributed by atoms with E-state index in [1.807, 2.05) is 6.08 Å². The van der Waals surface area contributed by atoms with E-state index in [9.17, 15) is 9.90 Å². The van der Waals surface area contributed by atoms with E-state index in [4.69, 9.17) is 13.9 Å². The standard InChI is InChI=1S/C20H34O5Si/c1-8-9-10-11-14-15(12-21)17(25-26(6,7)20(3,4)5)19-18(24-19)16(14)23-13(2)22/h10-11,16-19,21H,8-9,12H2,1-7H3/b11-10+/t16-,17+,18+,19-/m0/s1. The summed E-state index contributed by atoms with van der Waals surface area (Å²) in [5, 5.41) is 10.2. The second kappa shape index (κ2) is 7.96. The van der Waals surface area contributed by atoms with Crippen molar-refractivity contribution in [1.82, 2.24) is 0 Å². The Morgan fingerprint density at radius 2 is 1.88 bits per heavy atom. The van der Waals surface area contributed by atoms with Gasteiger partial charge in [0, 0.05) is 6.92 Å². The Kier molecular flexibility index (Phi) is 6.54. The van der Waals surface area contributed by atoms with Gasteiger partial charge in [0.25, 0.3) is 0 Å². The minimum absolute atomic E-state index is 0.0584. The number of carbonyl (C=O) groups is 1. The summed E-state index contributed by atoms with van der Waals surface area (Å²) in [7, 11) is -2.04. The third-order valence-corrected chi connectivity index (χ3v) is 10.1. The zero-order valence-electron chi connectivity index (χ0n) is 17.2. The highest BCUT2D eigenvalue weighted by Gasteiger charge is 2.59. The molecule has 0 radical (unpaired) electrons. The van der Waals surface area contributed by atoms with E-state index in [0.29, 0.717) is 0 Å². The zero-order chi connectivity index (χ0) is 19.7. The van der Waals surface area contributed by atoms with Crippen molar-refractivity contribution in [2.24, 2.45) is 0 Å². The molecule has 0 amide bonds. The highest BCUT2D eigenvalue weighted by molar-refractivity contribution is 6.74. The highest BCUT2D eigenvalue weighted by atomic mass is 28.4. The van der Waals surface area contributed by atoms with Crippen LogP contribution in [0.5, 0.6) is 0 Å². The van der Waals surface area contributed by atoms with Crippen LogP contribution >= 0.6 is 0 Å². The molecule has 0 aromatic carbocycles. The van der Waals surface area contributed by atoms with Crippen molar-refractivity contribution in [3.8, 4) is 0 Å². The minimum Gasteiger partial charge on any atom is -0.455 e. The lowest BCUT2D eigenvalue weighted by Crippen LogP contribution is -2.49. The molecule has 1 fully saturated rings. The van der Waals surface area contributed by atoms with Gasteiger partial charge in [-0.3, -0.25) is 4.79 Å². The number of aliphatic hydroxyl groups excluding tert-OH is 1. The molecular weight excluding hydrogens is 348 g/mol. The van der Waals surface area contributed by atoms with Crippen LogP contribution in [0.1, 0.15) is 47.5 Å². The Hall–Kier alpha value is -0.953. The average Bonchev–Trinajstić information content (AvgIpc) is 3.29. The quantitative estimate of drug-likeness (QED) is 0.413. The number of esters is 1. The van der Waals surface area contributed by atoms with Gasteiger partial charge in [-0.05, 0) is 35.7 Å². The summed E-state index contributed by atoms with van der Waals surface area (Å²) >= 11 is 0. The van der Waals surface area contributed by atoms with Crippen LogP contribution in [0, 0.1) is 0 Å². The Morgan fingerprint density at radius 1 is 1.27 bits per heavy atom. The number of hydrogen-bond donors (Lipinski definition) is 1. The van der Waals surface area contributed by atoms with E-state index in [-0.39, 0.29) is 35.9 Å². The Labute approximate surface area is 158 Å². The Morgan fingerprint density at radius 3 is 2.38 bits per heavy atom. The van der Waals surface area contributed by atoms with Crippen LogP contribution in [0.15, 0.2) is 23.3 Å². The first kappa shape index (κ1) is 21.3. The smallest absolute Gasteiger partial charge is 0.303 e. The summed E-state index contributed by atoms with van der Waals surface area (Å²) in [4.78, 5) is 11.6. The van der Waals surface area contributed by atoms with E-state index in [2.05, 4.69) is 46.9 Å². The number of allylic oxidation sites excluding steroid dienone is 1. The Bertz CT molecular complexity index is 587. The average molecular weight is 383 g/mol. The monoisotopic (exact) mass is 382 g/mol. The zero-order valence-corrected chi connectivity index (χ0v) is 18.2. The van der Waals surface area contributed by atoms with Gasteiger partial charge in [-0.1, -0.05) is 46.3 Å². The molecule has 26 heavy (non-hydrogen) atoms. The summed E-state index contributed by atoms with van der Waals surface area (Å²) in [5.74, 6) is -0.341. The number of carbonyl (C=O) groups excluding carboxylic acids is 1. The van der Waals surface area contributed by atoms with Crippen LogP contribution in [0.2, 0.25) is 18.1 Å². The summed E-state index contributed by atoms with van der Waals surface area (Å²) in [6.07, 6.45) is 4.91. The lowest BCUT2D eigenvalue weighted by Gasteiger charge is -2.41. The van der Waals surface area contributed by atoms with Crippen LogP contribution < -0.4 is 0 Å². The first-order chi connectivity index (χ1) is 12.0. The van der Waals surface area contributed by atoms with Gasteiger partial charge in [0.15, 0.2) is 14.4 Å². The summed E-state index contributed by atoms with van der Waals surface area (Å²) in [5.41, 5.74) is 1.62. The third-order valence-electron chi connectivity index (χ3n) is 5.62. The van der Waals surface area contributed by atoms with Gasteiger partial charge in [0.2, 0.25) is 0 Å². The largest absolute Gasteiger partial charge is 0.455 e. The van der Waals surface area contributed by atoms with Crippen LogP contribution in [0.4, 0.5) is 0 Å². The predicted octanol–water partition coefficient (Wildman–Crippen LogP) is 3.73. The fraction of sp³-hybridized carbons (Fsp3) is 0.750. The normalized spacial score (nSPS) is 29.1. The van der Waals surface area contributed by atoms with Gasteiger partial charge in [0.05, 0.1) is 12.7 Å². The van der Waals surface area contributed by atoms with Crippen LogP contribution in [-0.4, -0.2) is 50.4 Å². The van der Waals surface area contributed by atoms with E-state index in [1.165, 1.54) is 6.92 Å². The SMILES string of the molecule is CCC/C=C/C1=C(CO)[C@@H](O[Si](C)(C)C(C)(C)C)[C@@H]2O[C@@H]2[C@H]1OC(C)=O. The van der Waals surface area contributed by atoms with Crippen molar-refractivity contribution < 1.29 is 23.8 Å². The molecule has 5 nitrogen and oxygen atoms in total. The molecule has 0 bridgehead atoms. The second-order valence-corrected chi connectivity index (χ2v) is 13.5. The summed E-state index contributed by atoms with van der Waals surface area (Å²) in [6, 6.07) is 0. The van der Waals surface area contributed by atoms with Crippen molar-refractivity contribution in [2.45, 2.75) is 90.0 Å². The van der Waals surface area contributed by atoms with Gasteiger partial charge in [0.1, 0.15) is 12.2 Å². The number of ether oxygens (including phenoxy) is 2. The molecule has 0 aromatic rings. The summed E-state index contributed by atoms with van der Waals surface area (Å²) < 4.78 is 18.0. The van der Waals surface area contributed by atoms with Crippen molar-refractivity contribution in [3.63, 3.8) is 0 Å². The van der Waals surface area contributed by atoms with Crippen LogP contribution in [-0.2, 0) is 18.7 Å². The molecule has 148 valence electrons. The number of rotatable bonds is 7.